The van der Waals surface area contributed by atoms with Gasteiger partial charge in [-0.1, -0.05) is 6.07 Å². The number of nitrogens with one attached hydrogen (secondary N) is 1. The van der Waals surface area contributed by atoms with Crippen molar-refractivity contribution in [2.24, 2.45) is 0 Å². The number of benzene rings is 1. The summed E-state index contributed by atoms with van der Waals surface area (Å²) < 4.78 is 8.63. The molecule has 1 aliphatic heterocycles. The lowest BCUT2D eigenvalue weighted by molar-refractivity contribution is 0.0931. The maximum Gasteiger partial charge on any atom is 0.351 e. The van der Waals surface area contributed by atoms with Crippen LogP contribution in [-0.4, -0.2) is 31.9 Å². The molecule has 4 rings (SSSR count). The van der Waals surface area contributed by atoms with E-state index in [2.05, 4.69) is 47.4 Å². The molecule has 136 valence electrons. The van der Waals surface area contributed by atoms with E-state index in [0.29, 0.717) is 18.1 Å². The number of aryl methyl sites for hydroxylation is 3. The molecule has 1 aliphatic rings. The van der Waals surface area contributed by atoms with Crippen LogP contribution in [0.15, 0.2) is 29.1 Å². The van der Waals surface area contributed by atoms with Crippen molar-refractivity contribution in [2.75, 3.05) is 11.9 Å². The smallest absolute Gasteiger partial charge is 0.351 e. The molecule has 0 amide bonds. The second kappa shape index (κ2) is 6.57. The molecule has 1 saturated heterocycles. The average Bonchev–Trinajstić information content (AvgIpc) is 3.15. The maximum absolute atomic E-state index is 12.6. The van der Waals surface area contributed by atoms with Crippen LogP contribution in [0.25, 0.3) is 5.78 Å². The van der Waals surface area contributed by atoms with Crippen molar-refractivity contribution in [1.82, 2.24) is 19.2 Å². The van der Waals surface area contributed by atoms with Gasteiger partial charge in [0.25, 0.3) is 5.78 Å². The standard InChI is InChI=1S/C19H23N5O2/c1-12-7-13(2)9-15(8-12)20-17-10-14(3)24-18(21-17)22-23(19(24)25)11-16-5-4-6-26-16/h7-10,16H,4-6,11H2,1-3H3,(H,20,21,22). The van der Waals surface area contributed by atoms with E-state index in [-0.39, 0.29) is 11.8 Å². The Morgan fingerprint density at radius 1 is 1.19 bits per heavy atom. The van der Waals surface area contributed by atoms with Crippen molar-refractivity contribution in [2.45, 2.75) is 46.3 Å². The van der Waals surface area contributed by atoms with Crippen LogP contribution in [0.1, 0.15) is 29.7 Å². The summed E-state index contributed by atoms with van der Waals surface area (Å²) in [5, 5.41) is 7.73. The summed E-state index contributed by atoms with van der Waals surface area (Å²) in [5.41, 5.74) is 3.97. The second-order valence-electron chi connectivity index (χ2n) is 7.02. The molecule has 1 atom stereocenters. The normalized spacial score (nSPS) is 17.1. The zero-order chi connectivity index (χ0) is 18.3. The minimum Gasteiger partial charge on any atom is -0.376 e. The van der Waals surface area contributed by atoms with Gasteiger partial charge in [-0.2, -0.15) is 4.98 Å². The zero-order valence-electron chi connectivity index (χ0n) is 15.3. The number of hydrogen-bond acceptors (Lipinski definition) is 5. The van der Waals surface area contributed by atoms with Gasteiger partial charge < -0.3 is 10.1 Å². The van der Waals surface area contributed by atoms with Crippen molar-refractivity contribution in [3.05, 3.63) is 51.6 Å². The first-order chi connectivity index (χ1) is 12.5. The van der Waals surface area contributed by atoms with Crippen LogP contribution in [0.4, 0.5) is 11.5 Å². The predicted molar refractivity (Wildman–Crippen MR) is 100 cm³/mol. The molecule has 1 unspecified atom stereocenters. The summed E-state index contributed by atoms with van der Waals surface area (Å²) in [7, 11) is 0. The van der Waals surface area contributed by atoms with Gasteiger partial charge in [0.1, 0.15) is 5.82 Å². The van der Waals surface area contributed by atoms with E-state index >= 15 is 0 Å². The SMILES string of the molecule is Cc1cc(C)cc(Nc2cc(C)n3c(=O)n(CC4CCCO4)nc3n2)c1. The Hall–Kier alpha value is -2.67. The highest BCUT2D eigenvalue weighted by atomic mass is 16.5. The van der Waals surface area contributed by atoms with E-state index < -0.39 is 0 Å². The van der Waals surface area contributed by atoms with E-state index in [4.69, 9.17) is 4.74 Å². The molecule has 7 heteroatoms. The minimum absolute atomic E-state index is 0.0609. The number of rotatable bonds is 4. The van der Waals surface area contributed by atoms with E-state index in [1.54, 1.807) is 4.40 Å². The molecule has 1 aromatic carbocycles. The summed E-state index contributed by atoms with van der Waals surface area (Å²) >= 11 is 0. The van der Waals surface area contributed by atoms with Gasteiger partial charge in [-0.25, -0.2) is 13.9 Å². The fraction of sp³-hybridized carbons (Fsp3) is 0.421. The van der Waals surface area contributed by atoms with E-state index in [1.807, 2.05) is 13.0 Å². The number of nitrogens with zero attached hydrogens (tertiary/aromatic N) is 4. The molecule has 0 saturated carbocycles. The first-order valence-electron chi connectivity index (χ1n) is 8.94. The number of aromatic nitrogens is 4. The molecule has 26 heavy (non-hydrogen) atoms. The molecule has 0 radical (unpaired) electrons. The summed E-state index contributed by atoms with van der Waals surface area (Å²) in [4.78, 5) is 17.2. The highest BCUT2D eigenvalue weighted by Crippen LogP contribution is 2.19. The van der Waals surface area contributed by atoms with Crippen molar-refractivity contribution >= 4 is 17.3 Å². The fourth-order valence-corrected chi connectivity index (χ4v) is 3.54. The number of ether oxygens (including phenoxy) is 1. The van der Waals surface area contributed by atoms with Crippen LogP contribution in [0.2, 0.25) is 0 Å². The van der Waals surface area contributed by atoms with Crippen molar-refractivity contribution in [3.8, 4) is 0 Å². The predicted octanol–water partition coefficient (Wildman–Crippen LogP) is 2.74. The third kappa shape index (κ3) is 3.22. The van der Waals surface area contributed by atoms with Crippen LogP contribution in [0, 0.1) is 20.8 Å². The lowest BCUT2D eigenvalue weighted by Crippen LogP contribution is -2.27. The molecule has 3 aromatic rings. The Balaban J connectivity index is 1.68. The lowest BCUT2D eigenvalue weighted by Gasteiger charge is -2.09. The monoisotopic (exact) mass is 353 g/mol. The van der Waals surface area contributed by atoms with Crippen LogP contribution in [0.5, 0.6) is 0 Å². The molecule has 1 fully saturated rings. The van der Waals surface area contributed by atoms with Gasteiger partial charge in [-0.05, 0) is 56.9 Å². The quantitative estimate of drug-likeness (QED) is 0.781. The number of anilines is 2. The zero-order valence-corrected chi connectivity index (χ0v) is 15.3. The third-order valence-corrected chi connectivity index (χ3v) is 4.64. The molecule has 2 aromatic heterocycles. The Morgan fingerprint density at radius 3 is 2.65 bits per heavy atom. The molecule has 1 N–H and O–H groups in total. The Labute approximate surface area is 151 Å². The number of hydrogen-bond donors (Lipinski definition) is 1. The topological polar surface area (TPSA) is 73.5 Å². The first kappa shape index (κ1) is 16.8. The van der Waals surface area contributed by atoms with E-state index in [1.165, 1.54) is 15.8 Å². The molecular weight excluding hydrogens is 330 g/mol. The van der Waals surface area contributed by atoms with Gasteiger partial charge in [0.05, 0.1) is 12.6 Å². The molecule has 0 bridgehead atoms. The Morgan fingerprint density at radius 2 is 1.96 bits per heavy atom. The van der Waals surface area contributed by atoms with E-state index in [9.17, 15) is 4.79 Å². The molecule has 0 aliphatic carbocycles. The second-order valence-corrected chi connectivity index (χ2v) is 7.02. The molecular formula is C19H23N5O2. The van der Waals surface area contributed by atoms with Gasteiger partial charge >= 0.3 is 5.69 Å². The number of fused-ring (bicyclic) bond motifs is 1. The molecule has 0 spiro atoms. The third-order valence-electron chi connectivity index (χ3n) is 4.64. The highest BCUT2D eigenvalue weighted by molar-refractivity contribution is 5.60. The first-order valence-corrected chi connectivity index (χ1v) is 8.94. The average molecular weight is 353 g/mol. The van der Waals surface area contributed by atoms with E-state index in [0.717, 1.165) is 30.8 Å². The Bertz CT molecular complexity index is 994. The summed E-state index contributed by atoms with van der Waals surface area (Å²) in [6.07, 6.45) is 2.06. The molecule has 7 nitrogen and oxygen atoms in total. The van der Waals surface area contributed by atoms with Crippen LogP contribution >= 0.6 is 0 Å². The van der Waals surface area contributed by atoms with Crippen molar-refractivity contribution < 1.29 is 4.74 Å². The fourth-order valence-electron chi connectivity index (χ4n) is 3.54. The van der Waals surface area contributed by atoms with Crippen LogP contribution < -0.4 is 11.0 Å². The lowest BCUT2D eigenvalue weighted by atomic mass is 10.1. The Kier molecular flexibility index (Phi) is 4.24. The van der Waals surface area contributed by atoms with Gasteiger partial charge in [0.15, 0.2) is 0 Å². The van der Waals surface area contributed by atoms with Gasteiger partial charge in [0, 0.05) is 24.1 Å². The summed E-state index contributed by atoms with van der Waals surface area (Å²) in [5.74, 6) is 1.08. The van der Waals surface area contributed by atoms with Gasteiger partial charge in [0.2, 0.25) is 0 Å². The largest absolute Gasteiger partial charge is 0.376 e. The highest BCUT2D eigenvalue weighted by Gasteiger charge is 2.19. The summed E-state index contributed by atoms with van der Waals surface area (Å²) in [6, 6.07) is 8.12. The van der Waals surface area contributed by atoms with Crippen LogP contribution in [-0.2, 0) is 11.3 Å². The van der Waals surface area contributed by atoms with Crippen LogP contribution in [0.3, 0.4) is 0 Å². The maximum atomic E-state index is 12.6. The van der Waals surface area contributed by atoms with Crippen molar-refractivity contribution in [3.63, 3.8) is 0 Å². The molecule has 3 heterocycles. The minimum atomic E-state index is -0.168. The van der Waals surface area contributed by atoms with Gasteiger partial charge in [-0.3, -0.25) is 0 Å². The summed E-state index contributed by atoms with van der Waals surface area (Å²) in [6.45, 7) is 7.25. The van der Waals surface area contributed by atoms with Gasteiger partial charge in [-0.15, -0.1) is 5.10 Å². The van der Waals surface area contributed by atoms with Crippen molar-refractivity contribution in [1.29, 1.82) is 0 Å².